The molecule has 1 saturated heterocycles. The van der Waals surface area contributed by atoms with Crippen molar-refractivity contribution in [2.75, 3.05) is 38.5 Å². The van der Waals surface area contributed by atoms with Crippen LogP contribution in [0.2, 0.25) is 0 Å². The Morgan fingerprint density at radius 3 is 2.28 bits per heavy atom. The number of β-amino-alcohol motifs (C(OH)–C–C–N with tert-alkyl or cyclic N) is 1. The third-order valence-corrected chi connectivity index (χ3v) is 4.69. The molecule has 0 bridgehead atoms. The van der Waals surface area contributed by atoms with Crippen LogP contribution in [0.25, 0.3) is 0 Å². The van der Waals surface area contributed by atoms with Gasteiger partial charge in [0, 0.05) is 38.3 Å². The van der Waals surface area contributed by atoms with E-state index in [1.807, 2.05) is 0 Å². The molecular weight excluding hydrogens is 352 g/mol. The quantitative estimate of drug-likeness (QED) is 0.563. The number of carboxylic acids is 1. The molecule has 1 unspecified atom stereocenters. The lowest BCUT2D eigenvalue weighted by molar-refractivity contribution is 0.0556. The Kier molecular flexibility index (Phi) is 6.11. The number of piperazine rings is 1. The minimum Gasteiger partial charge on any atom is -0.478 e. The van der Waals surface area contributed by atoms with E-state index >= 15 is 0 Å². The number of aliphatic hydroxyl groups is 1. The number of carbonyl (C=O) groups excluding carboxylic acids is 1. The van der Waals surface area contributed by atoms with Gasteiger partial charge in [-0.2, -0.15) is 8.42 Å². The average Bonchev–Trinajstić information content (AvgIpc) is 2.53. The largest absolute Gasteiger partial charge is 0.478 e. The maximum Gasteiger partial charge on any atom is 0.335 e. The van der Waals surface area contributed by atoms with E-state index in [1.54, 1.807) is 15.9 Å². The Morgan fingerprint density at radius 1 is 1.12 bits per heavy atom. The number of carboxylic acid groups (broad SMARTS) is 1. The molecule has 0 saturated carbocycles. The Hall–Kier alpha value is -2.01. The molecule has 1 aliphatic rings. The summed E-state index contributed by atoms with van der Waals surface area (Å²) < 4.78 is 30.2. The zero-order valence-electron chi connectivity index (χ0n) is 13.4. The predicted molar refractivity (Wildman–Crippen MR) is 88.2 cm³/mol. The van der Waals surface area contributed by atoms with E-state index in [4.69, 9.17) is 9.66 Å². The molecule has 1 amide bonds. The highest BCUT2D eigenvalue weighted by Gasteiger charge is 2.25. The fraction of sp³-hybridized carbons (Fsp3) is 0.467. The minimum atomic E-state index is -4.23. The van der Waals surface area contributed by atoms with Gasteiger partial charge in [-0.1, -0.05) is 6.07 Å². The number of amides is 1. The van der Waals surface area contributed by atoms with Crippen LogP contribution in [0.1, 0.15) is 20.7 Å². The van der Waals surface area contributed by atoms with Gasteiger partial charge >= 0.3 is 5.97 Å². The van der Waals surface area contributed by atoms with Crippen LogP contribution in [-0.2, 0) is 10.1 Å². The summed E-state index contributed by atoms with van der Waals surface area (Å²) in [7, 11) is -4.23. The Bertz CT molecular complexity index is 742. The van der Waals surface area contributed by atoms with Crippen LogP contribution in [0, 0.1) is 0 Å². The summed E-state index contributed by atoms with van der Waals surface area (Å²) >= 11 is 0. The molecule has 1 atom stereocenters. The fourth-order valence-electron chi connectivity index (χ4n) is 2.70. The topological polar surface area (TPSA) is 135 Å². The third kappa shape index (κ3) is 5.78. The highest BCUT2D eigenvalue weighted by Crippen LogP contribution is 2.12. The lowest BCUT2D eigenvalue weighted by Gasteiger charge is -2.35. The smallest absolute Gasteiger partial charge is 0.335 e. The van der Waals surface area contributed by atoms with Crippen molar-refractivity contribution in [1.82, 2.24) is 9.80 Å². The molecule has 138 valence electrons. The van der Waals surface area contributed by atoms with Gasteiger partial charge in [0.15, 0.2) is 0 Å². The zero-order chi connectivity index (χ0) is 18.6. The number of aromatic carboxylic acids is 1. The summed E-state index contributed by atoms with van der Waals surface area (Å²) in [5, 5.41) is 18.6. The molecule has 9 nitrogen and oxygen atoms in total. The first-order chi connectivity index (χ1) is 11.7. The van der Waals surface area contributed by atoms with Crippen molar-refractivity contribution in [1.29, 1.82) is 0 Å². The van der Waals surface area contributed by atoms with Crippen LogP contribution in [0.15, 0.2) is 24.3 Å². The van der Waals surface area contributed by atoms with E-state index in [0.717, 1.165) is 0 Å². The SMILES string of the molecule is O=C(O)c1cccc(C(=O)N2CCN(CC(O)CS(=O)(=O)O)CC2)c1. The molecule has 0 aliphatic carbocycles. The lowest BCUT2D eigenvalue weighted by Crippen LogP contribution is -2.51. The van der Waals surface area contributed by atoms with E-state index in [9.17, 15) is 23.1 Å². The molecule has 1 fully saturated rings. The minimum absolute atomic E-state index is 0.0396. The summed E-state index contributed by atoms with van der Waals surface area (Å²) in [6.07, 6.45) is -1.20. The zero-order valence-corrected chi connectivity index (χ0v) is 14.2. The van der Waals surface area contributed by atoms with Gasteiger partial charge in [0.1, 0.15) is 5.75 Å². The van der Waals surface area contributed by atoms with Gasteiger partial charge in [0.25, 0.3) is 16.0 Å². The molecule has 1 heterocycles. The van der Waals surface area contributed by atoms with Crippen LogP contribution in [-0.4, -0.2) is 89.4 Å². The number of aliphatic hydroxyl groups excluding tert-OH is 1. The normalized spacial score (nSPS) is 17.3. The van der Waals surface area contributed by atoms with Crippen molar-refractivity contribution in [3.8, 4) is 0 Å². The predicted octanol–water partition coefficient (Wildman–Crippen LogP) is -0.609. The summed E-state index contributed by atoms with van der Waals surface area (Å²) in [5.74, 6) is -2.11. The third-order valence-electron chi connectivity index (χ3n) is 3.89. The molecule has 25 heavy (non-hydrogen) atoms. The van der Waals surface area contributed by atoms with Gasteiger partial charge in [-0.05, 0) is 18.2 Å². The molecule has 1 aliphatic heterocycles. The number of carbonyl (C=O) groups is 2. The molecule has 0 spiro atoms. The average molecular weight is 372 g/mol. The van der Waals surface area contributed by atoms with E-state index in [2.05, 4.69) is 0 Å². The Balaban J connectivity index is 1.90. The summed E-state index contributed by atoms with van der Waals surface area (Å²) in [4.78, 5) is 26.8. The van der Waals surface area contributed by atoms with Crippen molar-refractivity contribution in [3.63, 3.8) is 0 Å². The monoisotopic (exact) mass is 372 g/mol. The number of hydrogen-bond acceptors (Lipinski definition) is 6. The molecule has 3 N–H and O–H groups in total. The summed E-state index contributed by atoms with van der Waals surface area (Å²) in [5.41, 5.74) is 0.331. The van der Waals surface area contributed by atoms with Crippen molar-refractivity contribution in [2.45, 2.75) is 6.10 Å². The van der Waals surface area contributed by atoms with Crippen molar-refractivity contribution in [3.05, 3.63) is 35.4 Å². The van der Waals surface area contributed by atoms with E-state index in [-0.39, 0.29) is 18.0 Å². The maximum atomic E-state index is 12.4. The number of rotatable bonds is 6. The molecular formula is C15H20N2O7S. The number of nitrogens with zero attached hydrogens (tertiary/aromatic N) is 2. The fourth-order valence-corrected chi connectivity index (χ4v) is 3.29. The lowest BCUT2D eigenvalue weighted by atomic mass is 10.1. The first-order valence-electron chi connectivity index (χ1n) is 7.64. The molecule has 0 aromatic heterocycles. The van der Waals surface area contributed by atoms with Gasteiger partial charge in [0.05, 0.1) is 11.7 Å². The molecule has 2 rings (SSSR count). The van der Waals surface area contributed by atoms with Crippen molar-refractivity contribution >= 4 is 22.0 Å². The van der Waals surface area contributed by atoms with Crippen molar-refractivity contribution in [2.24, 2.45) is 0 Å². The van der Waals surface area contributed by atoms with Crippen LogP contribution in [0.5, 0.6) is 0 Å². The van der Waals surface area contributed by atoms with Gasteiger partial charge in [0.2, 0.25) is 0 Å². The van der Waals surface area contributed by atoms with Crippen LogP contribution < -0.4 is 0 Å². The standard InChI is InChI=1S/C15H20N2O7S/c18-13(10-25(22,23)24)9-16-4-6-17(7-5-16)14(19)11-2-1-3-12(8-11)15(20)21/h1-3,8,13,18H,4-7,9-10H2,(H,20,21)(H,22,23,24). The van der Waals surface area contributed by atoms with Crippen LogP contribution >= 0.6 is 0 Å². The molecule has 0 radical (unpaired) electrons. The van der Waals surface area contributed by atoms with Gasteiger partial charge in [-0.15, -0.1) is 0 Å². The first kappa shape index (κ1) is 19.3. The molecule has 1 aromatic rings. The number of benzene rings is 1. The van der Waals surface area contributed by atoms with E-state index in [1.165, 1.54) is 18.2 Å². The highest BCUT2D eigenvalue weighted by molar-refractivity contribution is 7.85. The Morgan fingerprint density at radius 2 is 1.72 bits per heavy atom. The van der Waals surface area contributed by atoms with Gasteiger partial charge < -0.3 is 15.1 Å². The molecule has 10 heteroatoms. The number of hydrogen-bond donors (Lipinski definition) is 3. The first-order valence-corrected chi connectivity index (χ1v) is 9.25. The molecule has 1 aromatic carbocycles. The second-order valence-corrected chi connectivity index (χ2v) is 7.38. The second kappa shape index (κ2) is 7.91. The van der Waals surface area contributed by atoms with Gasteiger partial charge in [-0.25, -0.2) is 4.79 Å². The van der Waals surface area contributed by atoms with Gasteiger partial charge in [-0.3, -0.25) is 14.2 Å². The van der Waals surface area contributed by atoms with Crippen molar-refractivity contribution < 1.29 is 32.8 Å². The highest BCUT2D eigenvalue weighted by atomic mass is 32.2. The summed E-state index contributed by atoms with van der Waals surface area (Å²) in [6.45, 7) is 1.69. The second-order valence-electron chi connectivity index (χ2n) is 5.88. The van der Waals surface area contributed by atoms with Crippen LogP contribution in [0.4, 0.5) is 0 Å². The Labute approximate surface area is 145 Å². The van der Waals surface area contributed by atoms with Crippen LogP contribution in [0.3, 0.4) is 0 Å². The maximum absolute atomic E-state index is 12.4. The van der Waals surface area contributed by atoms with E-state index in [0.29, 0.717) is 31.7 Å². The summed E-state index contributed by atoms with van der Waals surface area (Å²) in [6, 6.07) is 5.80. The van der Waals surface area contributed by atoms with E-state index < -0.39 is 27.9 Å².